The van der Waals surface area contributed by atoms with E-state index in [4.69, 9.17) is 5.73 Å². The molecule has 0 aromatic heterocycles. The summed E-state index contributed by atoms with van der Waals surface area (Å²) in [6, 6.07) is 14.4. The summed E-state index contributed by atoms with van der Waals surface area (Å²) >= 11 is 0. The topological polar surface area (TPSA) is 87.0 Å². The lowest BCUT2D eigenvalue weighted by molar-refractivity contribution is 0.0646. The van der Waals surface area contributed by atoms with E-state index in [0.29, 0.717) is 23.2 Å². The molecule has 1 saturated heterocycles. The summed E-state index contributed by atoms with van der Waals surface area (Å²) in [5.41, 5.74) is 7.90. The molecule has 0 atom stereocenters. The van der Waals surface area contributed by atoms with Crippen molar-refractivity contribution in [2.24, 2.45) is 5.73 Å². The standard InChI is InChI=1S/C22H24N4O3/c23-20(27)16-5-3-6-17(15-16)25-13-11-24(12-14-25)9-4-10-26-21(28)18-7-1-2-8-19(18)22(26)29/h1-3,5-8,15H,4,9-14H2,(H2,23,27). The van der Waals surface area contributed by atoms with Gasteiger partial charge in [0.05, 0.1) is 11.1 Å². The van der Waals surface area contributed by atoms with E-state index in [2.05, 4.69) is 9.80 Å². The Labute approximate surface area is 169 Å². The first-order valence-electron chi connectivity index (χ1n) is 9.87. The van der Waals surface area contributed by atoms with Crippen molar-refractivity contribution in [1.29, 1.82) is 0 Å². The van der Waals surface area contributed by atoms with Gasteiger partial charge in [0.15, 0.2) is 0 Å². The molecule has 29 heavy (non-hydrogen) atoms. The number of anilines is 1. The van der Waals surface area contributed by atoms with Crippen LogP contribution in [0.5, 0.6) is 0 Å². The van der Waals surface area contributed by atoms with Crippen molar-refractivity contribution in [3.63, 3.8) is 0 Å². The fourth-order valence-electron chi connectivity index (χ4n) is 3.98. The number of nitrogens with zero attached hydrogens (tertiary/aromatic N) is 3. The summed E-state index contributed by atoms with van der Waals surface area (Å²) in [5, 5.41) is 0. The summed E-state index contributed by atoms with van der Waals surface area (Å²) in [6.45, 7) is 4.77. The minimum Gasteiger partial charge on any atom is -0.369 e. The first kappa shape index (κ1) is 19.1. The van der Waals surface area contributed by atoms with Gasteiger partial charge in [0.1, 0.15) is 0 Å². The Morgan fingerprint density at radius 3 is 2.14 bits per heavy atom. The van der Waals surface area contributed by atoms with Crippen molar-refractivity contribution >= 4 is 23.4 Å². The van der Waals surface area contributed by atoms with E-state index in [1.165, 1.54) is 4.90 Å². The second-order valence-corrected chi connectivity index (χ2v) is 7.40. The Balaban J connectivity index is 1.26. The van der Waals surface area contributed by atoms with Crippen molar-refractivity contribution in [3.05, 3.63) is 65.2 Å². The van der Waals surface area contributed by atoms with E-state index in [0.717, 1.165) is 44.8 Å². The number of nitrogens with two attached hydrogens (primary N) is 1. The molecule has 7 nitrogen and oxygen atoms in total. The van der Waals surface area contributed by atoms with Crippen LogP contribution in [0.3, 0.4) is 0 Å². The average Bonchev–Trinajstić information content (AvgIpc) is 2.99. The summed E-state index contributed by atoms with van der Waals surface area (Å²) in [6.07, 6.45) is 0.753. The highest BCUT2D eigenvalue weighted by molar-refractivity contribution is 6.21. The van der Waals surface area contributed by atoms with Gasteiger partial charge in [-0.25, -0.2) is 0 Å². The molecule has 2 aromatic rings. The molecular weight excluding hydrogens is 368 g/mol. The molecule has 0 radical (unpaired) electrons. The van der Waals surface area contributed by atoms with Gasteiger partial charge in [-0.05, 0) is 43.3 Å². The maximum Gasteiger partial charge on any atom is 0.261 e. The van der Waals surface area contributed by atoms with Gasteiger partial charge in [0.25, 0.3) is 11.8 Å². The summed E-state index contributed by atoms with van der Waals surface area (Å²) in [5.74, 6) is -0.798. The predicted octanol–water partition coefficient (Wildman–Crippen LogP) is 1.59. The lowest BCUT2D eigenvalue weighted by atomic mass is 10.1. The second kappa shape index (κ2) is 8.05. The molecule has 0 aliphatic carbocycles. The molecule has 0 spiro atoms. The fourth-order valence-corrected chi connectivity index (χ4v) is 3.98. The highest BCUT2D eigenvalue weighted by Crippen LogP contribution is 2.23. The normalized spacial score (nSPS) is 17.0. The molecule has 2 aliphatic heterocycles. The first-order chi connectivity index (χ1) is 14.0. The largest absolute Gasteiger partial charge is 0.369 e. The van der Waals surface area contributed by atoms with Crippen LogP contribution in [0.2, 0.25) is 0 Å². The van der Waals surface area contributed by atoms with Crippen LogP contribution in [0, 0.1) is 0 Å². The number of amides is 3. The number of rotatable bonds is 6. The maximum absolute atomic E-state index is 12.4. The number of piperazine rings is 1. The van der Waals surface area contributed by atoms with Gasteiger partial charge >= 0.3 is 0 Å². The molecule has 2 aromatic carbocycles. The number of imide groups is 1. The third-order valence-corrected chi connectivity index (χ3v) is 5.60. The lowest BCUT2D eigenvalue weighted by Gasteiger charge is -2.36. The molecule has 1 fully saturated rings. The molecule has 0 unspecified atom stereocenters. The number of hydrogen-bond donors (Lipinski definition) is 1. The van der Waals surface area contributed by atoms with E-state index in [1.54, 1.807) is 30.3 Å². The van der Waals surface area contributed by atoms with Crippen LogP contribution >= 0.6 is 0 Å². The number of fused-ring (bicyclic) bond motifs is 1. The van der Waals surface area contributed by atoms with Crippen LogP contribution < -0.4 is 10.6 Å². The molecular formula is C22H24N4O3. The highest BCUT2D eigenvalue weighted by Gasteiger charge is 2.34. The smallest absolute Gasteiger partial charge is 0.261 e. The van der Waals surface area contributed by atoms with Gasteiger partial charge in [-0.1, -0.05) is 18.2 Å². The van der Waals surface area contributed by atoms with Gasteiger partial charge < -0.3 is 10.6 Å². The van der Waals surface area contributed by atoms with Crippen molar-refractivity contribution in [3.8, 4) is 0 Å². The van der Waals surface area contributed by atoms with Gasteiger partial charge in [-0.15, -0.1) is 0 Å². The zero-order chi connectivity index (χ0) is 20.4. The quantitative estimate of drug-likeness (QED) is 0.755. The zero-order valence-corrected chi connectivity index (χ0v) is 16.2. The molecule has 4 rings (SSSR count). The van der Waals surface area contributed by atoms with Crippen molar-refractivity contribution in [2.45, 2.75) is 6.42 Å². The molecule has 150 valence electrons. The average molecular weight is 392 g/mol. The van der Waals surface area contributed by atoms with Gasteiger partial charge in [-0.2, -0.15) is 0 Å². The van der Waals surface area contributed by atoms with Crippen LogP contribution in [0.4, 0.5) is 5.69 Å². The van der Waals surface area contributed by atoms with Gasteiger partial charge in [-0.3, -0.25) is 24.2 Å². The van der Waals surface area contributed by atoms with E-state index >= 15 is 0 Å². The maximum atomic E-state index is 12.4. The number of carbonyl (C=O) groups excluding carboxylic acids is 3. The Morgan fingerprint density at radius 2 is 1.52 bits per heavy atom. The number of carbonyl (C=O) groups is 3. The number of hydrogen-bond acceptors (Lipinski definition) is 5. The van der Waals surface area contributed by atoms with Crippen molar-refractivity contribution in [1.82, 2.24) is 9.80 Å². The van der Waals surface area contributed by atoms with Crippen LogP contribution in [0.15, 0.2) is 48.5 Å². The summed E-state index contributed by atoms with van der Waals surface area (Å²) in [4.78, 5) is 42.2. The predicted molar refractivity (Wildman–Crippen MR) is 110 cm³/mol. The molecule has 2 N–H and O–H groups in total. The van der Waals surface area contributed by atoms with E-state index in [1.807, 2.05) is 18.2 Å². The molecule has 2 aliphatic rings. The highest BCUT2D eigenvalue weighted by atomic mass is 16.2. The molecule has 3 amide bonds. The van der Waals surface area contributed by atoms with E-state index < -0.39 is 5.91 Å². The first-order valence-corrected chi connectivity index (χ1v) is 9.87. The third-order valence-electron chi connectivity index (χ3n) is 5.60. The minimum absolute atomic E-state index is 0.190. The van der Waals surface area contributed by atoms with Crippen molar-refractivity contribution < 1.29 is 14.4 Å². The SMILES string of the molecule is NC(=O)c1cccc(N2CCN(CCCN3C(=O)c4ccccc4C3=O)CC2)c1. The number of benzene rings is 2. The van der Waals surface area contributed by atoms with Crippen LogP contribution in [-0.4, -0.2) is 66.8 Å². The van der Waals surface area contributed by atoms with Gasteiger partial charge in [0.2, 0.25) is 5.91 Å². The Kier molecular flexibility index (Phi) is 5.31. The van der Waals surface area contributed by atoms with E-state index in [9.17, 15) is 14.4 Å². The van der Waals surface area contributed by atoms with Crippen LogP contribution in [-0.2, 0) is 0 Å². The summed E-state index contributed by atoms with van der Waals surface area (Å²) < 4.78 is 0. The second-order valence-electron chi connectivity index (χ2n) is 7.40. The Morgan fingerprint density at radius 1 is 0.862 bits per heavy atom. The van der Waals surface area contributed by atoms with Gasteiger partial charge in [0, 0.05) is 44.0 Å². The number of primary amides is 1. The van der Waals surface area contributed by atoms with Crippen LogP contribution in [0.25, 0.3) is 0 Å². The monoisotopic (exact) mass is 392 g/mol. The van der Waals surface area contributed by atoms with Crippen molar-refractivity contribution in [2.75, 3.05) is 44.2 Å². The molecule has 2 heterocycles. The molecule has 7 heteroatoms. The molecule has 0 bridgehead atoms. The van der Waals surface area contributed by atoms with Crippen LogP contribution in [0.1, 0.15) is 37.5 Å². The Bertz CT molecular complexity index is 916. The third kappa shape index (κ3) is 3.86. The summed E-state index contributed by atoms with van der Waals surface area (Å²) in [7, 11) is 0. The zero-order valence-electron chi connectivity index (χ0n) is 16.2. The minimum atomic E-state index is -0.418. The molecule has 0 saturated carbocycles. The fraction of sp³-hybridized carbons (Fsp3) is 0.318. The Hall–Kier alpha value is -3.19. The lowest BCUT2D eigenvalue weighted by Crippen LogP contribution is -2.47. The van der Waals surface area contributed by atoms with E-state index in [-0.39, 0.29) is 11.8 Å².